The number of benzene rings is 1. The third-order valence-electron chi connectivity index (χ3n) is 2.61. The molecule has 5 nitrogen and oxygen atoms in total. The largest absolute Gasteiger partial charge is 0.478 e. The maximum atomic E-state index is 13.5. The predicted octanol–water partition coefficient (Wildman–Crippen LogP) is 0.918. The molecule has 0 saturated carbocycles. The van der Waals surface area contributed by atoms with Crippen LogP contribution >= 0.6 is 0 Å². The van der Waals surface area contributed by atoms with E-state index in [1.165, 1.54) is 0 Å². The Hall–Kier alpha value is -1.47. The van der Waals surface area contributed by atoms with E-state index in [-0.39, 0.29) is 5.56 Å². The molecular weight excluding hydrogens is 249 g/mol. The second kappa shape index (κ2) is 4.08. The maximum Gasteiger partial charge on any atom is 0.335 e. The summed E-state index contributed by atoms with van der Waals surface area (Å²) in [7, 11) is -3.89. The van der Waals surface area contributed by atoms with Crippen LogP contribution in [0.2, 0.25) is 0 Å². The standard InChI is InChI=1S/C10H10FNO4S/c11-8-3-2-7(10(13)14)6-9(8)17(15,16)12-4-1-5-12/h2-3,6H,1,4-5H2,(H,13,14). The molecule has 2 rings (SSSR count). The van der Waals surface area contributed by atoms with E-state index in [0.717, 1.165) is 28.9 Å². The first-order valence-electron chi connectivity index (χ1n) is 4.96. The van der Waals surface area contributed by atoms with Crippen molar-refractivity contribution < 1.29 is 22.7 Å². The molecule has 0 aliphatic carbocycles. The van der Waals surface area contributed by atoms with Crippen LogP contribution in [0.4, 0.5) is 4.39 Å². The molecular formula is C10H10FNO4S. The molecule has 0 bridgehead atoms. The van der Waals surface area contributed by atoms with Crippen molar-refractivity contribution in [3.05, 3.63) is 29.6 Å². The summed E-state index contributed by atoms with van der Waals surface area (Å²) in [4.78, 5) is 10.1. The third-order valence-corrected chi connectivity index (χ3v) is 4.52. The predicted molar refractivity (Wildman–Crippen MR) is 56.7 cm³/mol. The normalized spacial score (nSPS) is 16.5. The zero-order chi connectivity index (χ0) is 12.6. The molecule has 0 atom stereocenters. The minimum absolute atomic E-state index is 0.245. The molecule has 1 saturated heterocycles. The first-order chi connectivity index (χ1) is 7.93. The Morgan fingerprint density at radius 3 is 2.47 bits per heavy atom. The fraction of sp³-hybridized carbons (Fsp3) is 0.300. The smallest absolute Gasteiger partial charge is 0.335 e. The van der Waals surface area contributed by atoms with Crippen molar-refractivity contribution in [3.8, 4) is 0 Å². The van der Waals surface area contributed by atoms with E-state index >= 15 is 0 Å². The Bertz CT molecular complexity index is 566. The highest BCUT2D eigenvalue weighted by Gasteiger charge is 2.32. The van der Waals surface area contributed by atoms with Gasteiger partial charge in [0.2, 0.25) is 10.0 Å². The Morgan fingerprint density at radius 1 is 1.35 bits per heavy atom. The van der Waals surface area contributed by atoms with E-state index in [1.807, 2.05) is 0 Å². The molecule has 92 valence electrons. The van der Waals surface area contributed by atoms with Gasteiger partial charge in [-0.05, 0) is 24.6 Å². The number of carbonyl (C=O) groups is 1. The molecule has 1 aliphatic heterocycles. The number of hydrogen-bond donors (Lipinski definition) is 1. The first-order valence-corrected chi connectivity index (χ1v) is 6.40. The summed E-state index contributed by atoms with van der Waals surface area (Å²) in [6, 6.07) is 2.74. The monoisotopic (exact) mass is 259 g/mol. The summed E-state index contributed by atoms with van der Waals surface area (Å²) in [5, 5.41) is 8.74. The first kappa shape index (κ1) is 12.0. The van der Waals surface area contributed by atoms with Gasteiger partial charge >= 0.3 is 5.97 Å². The molecule has 0 spiro atoms. The average Bonchev–Trinajstić information content (AvgIpc) is 2.13. The van der Waals surface area contributed by atoms with Gasteiger partial charge in [0, 0.05) is 13.1 Å². The van der Waals surface area contributed by atoms with Gasteiger partial charge in [0.25, 0.3) is 0 Å². The number of halogens is 1. The maximum absolute atomic E-state index is 13.5. The number of hydrogen-bond acceptors (Lipinski definition) is 3. The van der Waals surface area contributed by atoms with E-state index in [4.69, 9.17) is 5.11 Å². The van der Waals surface area contributed by atoms with Crippen molar-refractivity contribution in [3.63, 3.8) is 0 Å². The van der Waals surface area contributed by atoms with Crippen molar-refractivity contribution in [2.24, 2.45) is 0 Å². The van der Waals surface area contributed by atoms with Crippen LogP contribution in [0, 0.1) is 5.82 Å². The topological polar surface area (TPSA) is 74.7 Å². The van der Waals surface area contributed by atoms with Crippen molar-refractivity contribution in [1.82, 2.24) is 4.31 Å². The van der Waals surface area contributed by atoms with Crippen molar-refractivity contribution in [2.45, 2.75) is 11.3 Å². The summed E-state index contributed by atoms with van der Waals surface area (Å²) in [5.41, 5.74) is -0.245. The number of carboxylic acid groups (broad SMARTS) is 1. The van der Waals surface area contributed by atoms with Gasteiger partial charge < -0.3 is 5.11 Å². The van der Waals surface area contributed by atoms with Crippen LogP contribution in [-0.2, 0) is 10.0 Å². The van der Waals surface area contributed by atoms with Crippen LogP contribution < -0.4 is 0 Å². The highest BCUT2D eigenvalue weighted by molar-refractivity contribution is 7.89. The van der Waals surface area contributed by atoms with E-state index in [2.05, 4.69) is 0 Å². The fourth-order valence-corrected chi connectivity index (χ4v) is 3.11. The average molecular weight is 259 g/mol. The van der Waals surface area contributed by atoms with E-state index in [9.17, 15) is 17.6 Å². The number of aromatic carboxylic acids is 1. The quantitative estimate of drug-likeness (QED) is 0.875. The van der Waals surface area contributed by atoms with Gasteiger partial charge in [-0.25, -0.2) is 17.6 Å². The number of nitrogens with zero attached hydrogens (tertiary/aromatic N) is 1. The second-order valence-electron chi connectivity index (χ2n) is 3.71. The van der Waals surface area contributed by atoms with Crippen LogP contribution in [0.3, 0.4) is 0 Å². The van der Waals surface area contributed by atoms with Crippen LogP contribution in [-0.4, -0.2) is 36.9 Å². The highest BCUT2D eigenvalue weighted by Crippen LogP contribution is 2.24. The molecule has 7 heteroatoms. The molecule has 1 heterocycles. The molecule has 1 N–H and O–H groups in total. The Kier molecular flexibility index (Phi) is 2.88. The Morgan fingerprint density at radius 2 is 2.00 bits per heavy atom. The minimum atomic E-state index is -3.89. The summed E-state index contributed by atoms with van der Waals surface area (Å²) in [6.45, 7) is 0.693. The molecule has 0 amide bonds. The van der Waals surface area contributed by atoms with E-state index < -0.39 is 26.7 Å². The van der Waals surface area contributed by atoms with Crippen LogP contribution in [0.15, 0.2) is 23.1 Å². The van der Waals surface area contributed by atoms with Crippen LogP contribution in [0.5, 0.6) is 0 Å². The van der Waals surface area contributed by atoms with E-state index in [0.29, 0.717) is 13.1 Å². The lowest BCUT2D eigenvalue weighted by Gasteiger charge is -2.29. The molecule has 0 radical (unpaired) electrons. The highest BCUT2D eigenvalue weighted by atomic mass is 32.2. The lowest BCUT2D eigenvalue weighted by Crippen LogP contribution is -2.42. The zero-order valence-electron chi connectivity index (χ0n) is 8.76. The summed E-state index contributed by atoms with van der Waals surface area (Å²) < 4.78 is 38.4. The fourth-order valence-electron chi connectivity index (χ4n) is 1.50. The number of rotatable bonds is 3. The van der Waals surface area contributed by atoms with Gasteiger partial charge in [0.05, 0.1) is 5.56 Å². The van der Waals surface area contributed by atoms with Gasteiger partial charge in [-0.2, -0.15) is 4.31 Å². The van der Waals surface area contributed by atoms with Crippen molar-refractivity contribution in [2.75, 3.05) is 13.1 Å². The number of carboxylic acids is 1. The lowest BCUT2D eigenvalue weighted by atomic mass is 10.2. The van der Waals surface area contributed by atoms with Crippen molar-refractivity contribution in [1.29, 1.82) is 0 Å². The van der Waals surface area contributed by atoms with Gasteiger partial charge in [0.1, 0.15) is 10.7 Å². The molecule has 1 aliphatic rings. The molecule has 0 aromatic heterocycles. The SMILES string of the molecule is O=C(O)c1ccc(F)c(S(=O)(=O)N2CCC2)c1. The van der Waals surface area contributed by atoms with Crippen LogP contribution in [0.1, 0.15) is 16.8 Å². The third kappa shape index (κ3) is 2.03. The number of sulfonamides is 1. The summed E-state index contributed by atoms with van der Waals surface area (Å²) >= 11 is 0. The van der Waals surface area contributed by atoms with Crippen LogP contribution in [0.25, 0.3) is 0 Å². The molecule has 17 heavy (non-hydrogen) atoms. The molecule has 1 fully saturated rings. The molecule has 1 aromatic rings. The molecule has 1 aromatic carbocycles. The van der Waals surface area contributed by atoms with Gasteiger partial charge in [-0.15, -0.1) is 0 Å². The Balaban J connectivity index is 2.50. The van der Waals surface area contributed by atoms with Gasteiger partial charge in [-0.3, -0.25) is 0 Å². The zero-order valence-corrected chi connectivity index (χ0v) is 9.58. The van der Waals surface area contributed by atoms with E-state index in [1.54, 1.807) is 0 Å². The summed E-state index contributed by atoms with van der Waals surface area (Å²) in [5.74, 6) is -2.22. The van der Waals surface area contributed by atoms with Gasteiger partial charge in [-0.1, -0.05) is 0 Å². The second-order valence-corrected chi connectivity index (χ2v) is 5.61. The Labute approximate surface area is 97.5 Å². The molecule has 0 unspecified atom stereocenters. The summed E-state index contributed by atoms with van der Waals surface area (Å²) in [6.07, 6.45) is 0.736. The van der Waals surface area contributed by atoms with Gasteiger partial charge in [0.15, 0.2) is 0 Å². The lowest BCUT2D eigenvalue weighted by molar-refractivity contribution is 0.0696. The van der Waals surface area contributed by atoms with Crippen molar-refractivity contribution >= 4 is 16.0 Å². The minimum Gasteiger partial charge on any atom is -0.478 e.